The van der Waals surface area contributed by atoms with Crippen LogP contribution in [0.5, 0.6) is 0 Å². The number of hydrogen-bond acceptors (Lipinski definition) is 2. The average Bonchev–Trinajstić information content (AvgIpc) is 2.30. The van der Waals surface area contributed by atoms with Crippen molar-refractivity contribution in [3.8, 4) is 0 Å². The van der Waals surface area contributed by atoms with E-state index in [-0.39, 0.29) is 0 Å². The lowest BCUT2D eigenvalue weighted by atomic mass is 9.94. The summed E-state index contributed by atoms with van der Waals surface area (Å²) >= 11 is 0. The molecule has 0 radical (unpaired) electrons. The van der Waals surface area contributed by atoms with Gasteiger partial charge in [0.25, 0.3) is 0 Å². The molecule has 0 unspecified atom stereocenters. The molecule has 0 aromatic heterocycles. The van der Waals surface area contributed by atoms with Gasteiger partial charge in [0.05, 0.1) is 0 Å². The zero-order valence-corrected chi connectivity index (χ0v) is 9.87. The van der Waals surface area contributed by atoms with E-state index in [4.69, 9.17) is 5.73 Å². The molecule has 0 aromatic rings. The fourth-order valence-corrected chi connectivity index (χ4v) is 2.37. The Bertz CT molecular complexity index is 188. The minimum atomic E-state index is 0.301. The van der Waals surface area contributed by atoms with Gasteiger partial charge in [-0.05, 0) is 25.8 Å². The van der Waals surface area contributed by atoms with Gasteiger partial charge in [-0.3, -0.25) is 4.79 Å². The van der Waals surface area contributed by atoms with Gasteiger partial charge >= 0.3 is 0 Å². The highest BCUT2D eigenvalue weighted by molar-refractivity contribution is 5.76. The third kappa shape index (κ3) is 3.82. The maximum Gasteiger partial charge on any atom is 0.222 e. The first-order valence-electron chi connectivity index (χ1n) is 6.29. The van der Waals surface area contributed by atoms with Crippen molar-refractivity contribution in [1.29, 1.82) is 0 Å². The van der Waals surface area contributed by atoms with E-state index >= 15 is 0 Å². The number of hydrogen-bond donors (Lipinski definition) is 1. The normalized spacial score (nSPS) is 17.7. The van der Waals surface area contributed by atoms with Gasteiger partial charge < -0.3 is 10.6 Å². The van der Waals surface area contributed by atoms with Gasteiger partial charge in [-0.15, -0.1) is 0 Å². The highest BCUT2D eigenvalue weighted by Gasteiger charge is 2.23. The topological polar surface area (TPSA) is 46.3 Å². The van der Waals surface area contributed by atoms with Crippen molar-refractivity contribution in [2.45, 2.75) is 57.9 Å². The van der Waals surface area contributed by atoms with Crippen LogP contribution in [0.2, 0.25) is 0 Å². The van der Waals surface area contributed by atoms with Gasteiger partial charge in [0.15, 0.2) is 0 Å². The Balaban J connectivity index is 2.49. The molecule has 1 aliphatic carbocycles. The molecule has 1 rings (SSSR count). The van der Waals surface area contributed by atoms with E-state index in [9.17, 15) is 4.79 Å². The van der Waals surface area contributed by atoms with Crippen LogP contribution in [0.15, 0.2) is 0 Å². The minimum absolute atomic E-state index is 0.301. The van der Waals surface area contributed by atoms with E-state index in [1.165, 1.54) is 32.1 Å². The minimum Gasteiger partial charge on any atom is -0.340 e. The van der Waals surface area contributed by atoms with Crippen molar-refractivity contribution in [2.75, 3.05) is 13.1 Å². The Morgan fingerprint density at radius 2 is 2.00 bits per heavy atom. The van der Waals surface area contributed by atoms with Crippen LogP contribution in [-0.2, 0) is 4.79 Å². The maximum absolute atomic E-state index is 11.8. The maximum atomic E-state index is 11.8. The molecule has 15 heavy (non-hydrogen) atoms. The Kier molecular flexibility index (Phi) is 5.69. The van der Waals surface area contributed by atoms with Gasteiger partial charge in [0.1, 0.15) is 0 Å². The molecule has 0 atom stereocenters. The number of carbonyl (C=O) groups excluding carboxylic acids is 1. The molecule has 0 bridgehead atoms. The summed E-state index contributed by atoms with van der Waals surface area (Å²) in [5.74, 6) is 0.301. The molecule has 1 fully saturated rings. The number of amides is 1. The summed E-state index contributed by atoms with van der Waals surface area (Å²) in [6.45, 7) is 3.48. The second-order valence-electron chi connectivity index (χ2n) is 4.37. The molecule has 1 aliphatic rings. The average molecular weight is 212 g/mol. The van der Waals surface area contributed by atoms with Crippen molar-refractivity contribution in [3.05, 3.63) is 0 Å². The molecule has 3 nitrogen and oxygen atoms in total. The Hall–Kier alpha value is -0.570. The number of rotatable bonds is 5. The second-order valence-corrected chi connectivity index (χ2v) is 4.37. The second kappa shape index (κ2) is 6.83. The molecular weight excluding hydrogens is 188 g/mol. The zero-order chi connectivity index (χ0) is 11.1. The highest BCUT2D eigenvalue weighted by Crippen LogP contribution is 2.23. The lowest BCUT2D eigenvalue weighted by Gasteiger charge is -2.34. The van der Waals surface area contributed by atoms with Crippen LogP contribution in [0.1, 0.15) is 51.9 Å². The van der Waals surface area contributed by atoms with Crippen molar-refractivity contribution in [3.63, 3.8) is 0 Å². The molecule has 0 aromatic carbocycles. The Labute approximate surface area is 93.0 Å². The summed E-state index contributed by atoms with van der Waals surface area (Å²) in [6, 6.07) is 0.498. The van der Waals surface area contributed by atoms with Crippen LogP contribution in [0, 0.1) is 0 Å². The fraction of sp³-hybridized carbons (Fsp3) is 0.917. The van der Waals surface area contributed by atoms with E-state index in [1.54, 1.807) is 0 Å². The first-order chi connectivity index (χ1) is 7.29. The Morgan fingerprint density at radius 3 is 2.53 bits per heavy atom. The highest BCUT2D eigenvalue weighted by atomic mass is 16.2. The quantitative estimate of drug-likeness (QED) is 0.756. The van der Waals surface area contributed by atoms with Crippen molar-refractivity contribution in [1.82, 2.24) is 4.90 Å². The predicted molar refractivity (Wildman–Crippen MR) is 62.5 cm³/mol. The summed E-state index contributed by atoms with van der Waals surface area (Å²) < 4.78 is 0. The van der Waals surface area contributed by atoms with Crippen LogP contribution in [0.4, 0.5) is 0 Å². The van der Waals surface area contributed by atoms with Gasteiger partial charge in [-0.1, -0.05) is 26.2 Å². The van der Waals surface area contributed by atoms with Gasteiger partial charge in [-0.25, -0.2) is 0 Å². The molecule has 0 saturated heterocycles. The molecule has 0 heterocycles. The SMILES string of the molecule is CCC(=O)N(CCCN)C1CCCCC1. The molecule has 0 spiro atoms. The lowest BCUT2D eigenvalue weighted by Crippen LogP contribution is -2.42. The van der Waals surface area contributed by atoms with Crippen LogP contribution < -0.4 is 5.73 Å². The molecule has 1 saturated carbocycles. The summed E-state index contributed by atoms with van der Waals surface area (Å²) in [7, 11) is 0. The smallest absolute Gasteiger partial charge is 0.222 e. The standard InChI is InChI=1S/C12H24N2O/c1-2-12(15)14(10-6-9-13)11-7-4-3-5-8-11/h11H,2-10,13H2,1H3. The molecule has 1 amide bonds. The van der Waals surface area contributed by atoms with Gasteiger partial charge in [-0.2, -0.15) is 0 Å². The predicted octanol–water partition coefficient (Wildman–Crippen LogP) is 1.91. The summed E-state index contributed by atoms with van der Waals surface area (Å²) in [4.78, 5) is 13.9. The Morgan fingerprint density at radius 1 is 1.33 bits per heavy atom. The van der Waals surface area contributed by atoms with Crippen molar-refractivity contribution >= 4 is 5.91 Å². The van der Waals surface area contributed by atoms with E-state index < -0.39 is 0 Å². The lowest BCUT2D eigenvalue weighted by molar-refractivity contribution is -0.133. The van der Waals surface area contributed by atoms with Crippen molar-refractivity contribution < 1.29 is 4.79 Å². The van der Waals surface area contributed by atoms with Crippen LogP contribution in [0.3, 0.4) is 0 Å². The zero-order valence-electron chi connectivity index (χ0n) is 9.87. The number of nitrogens with two attached hydrogens (primary N) is 1. The largest absolute Gasteiger partial charge is 0.340 e. The summed E-state index contributed by atoms with van der Waals surface area (Å²) in [5, 5.41) is 0. The summed E-state index contributed by atoms with van der Waals surface area (Å²) in [5.41, 5.74) is 5.51. The first-order valence-corrected chi connectivity index (χ1v) is 6.29. The van der Waals surface area contributed by atoms with E-state index in [0.717, 1.165) is 13.0 Å². The molecule has 0 aliphatic heterocycles. The van der Waals surface area contributed by atoms with E-state index in [1.807, 2.05) is 6.92 Å². The van der Waals surface area contributed by atoms with Crippen LogP contribution in [0.25, 0.3) is 0 Å². The van der Waals surface area contributed by atoms with Crippen LogP contribution >= 0.6 is 0 Å². The molecule has 88 valence electrons. The van der Waals surface area contributed by atoms with Crippen molar-refractivity contribution in [2.24, 2.45) is 5.73 Å². The molecular formula is C12H24N2O. The van der Waals surface area contributed by atoms with E-state index in [2.05, 4.69) is 4.90 Å². The first kappa shape index (κ1) is 12.5. The van der Waals surface area contributed by atoms with Crippen LogP contribution in [-0.4, -0.2) is 29.9 Å². The number of nitrogens with zero attached hydrogens (tertiary/aromatic N) is 1. The third-order valence-corrected chi connectivity index (χ3v) is 3.24. The van der Waals surface area contributed by atoms with Gasteiger partial charge in [0, 0.05) is 19.0 Å². The molecule has 2 N–H and O–H groups in total. The fourth-order valence-electron chi connectivity index (χ4n) is 2.37. The molecule has 3 heteroatoms. The van der Waals surface area contributed by atoms with E-state index in [0.29, 0.717) is 24.9 Å². The summed E-state index contributed by atoms with van der Waals surface area (Å²) in [6.07, 6.45) is 7.83. The number of carbonyl (C=O) groups is 1. The third-order valence-electron chi connectivity index (χ3n) is 3.24. The van der Waals surface area contributed by atoms with Gasteiger partial charge in [0.2, 0.25) is 5.91 Å². The monoisotopic (exact) mass is 212 g/mol.